The summed E-state index contributed by atoms with van der Waals surface area (Å²) in [4.78, 5) is 10.2. The number of carbonyl (C=O) groups excluding carboxylic acids is 1. The van der Waals surface area contributed by atoms with Crippen LogP contribution in [0.2, 0.25) is 0 Å². The van der Waals surface area contributed by atoms with Crippen molar-refractivity contribution in [3.05, 3.63) is 0 Å². The van der Waals surface area contributed by atoms with Gasteiger partial charge < -0.3 is 5.25 Å². The molecular formula is C4H8BrNaO2. The van der Waals surface area contributed by atoms with Gasteiger partial charge in [-0.15, -0.1) is 0 Å². The van der Waals surface area contributed by atoms with Crippen molar-refractivity contribution < 1.29 is 39.6 Å². The zero-order chi connectivity index (χ0) is 5.86. The van der Waals surface area contributed by atoms with Gasteiger partial charge in [-0.05, 0) is 0 Å². The summed E-state index contributed by atoms with van der Waals surface area (Å²) in [5.74, 6) is -0.278. The maximum absolute atomic E-state index is 10.2. The second kappa shape index (κ2) is 6.08. The van der Waals surface area contributed by atoms with Crippen LogP contribution in [0.4, 0.5) is 0 Å². The standard InChI is InChI=1S/C4H7BrO2.Na.H/c1-3(2)4(6)7-5;;/h3H,1-2H3;;/q;+1;-1. The quantitative estimate of drug-likeness (QED) is 0.477. The maximum Gasteiger partial charge on any atom is 1.00 e. The normalized spacial score (nSPS) is 8.00. The van der Waals surface area contributed by atoms with Gasteiger partial charge in [0, 0.05) is 0 Å². The molecule has 0 aromatic rings. The van der Waals surface area contributed by atoms with Gasteiger partial charge >= 0.3 is 35.5 Å². The molecule has 0 saturated heterocycles. The first kappa shape index (κ1) is 11.7. The Balaban J connectivity index is -0.000000180. The van der Waals surface area contributed by atoms with E-state index in [1.54, 1.807) is 13.8 Å². The summed E-state index contributed by atoms with van der Waals surface area (Å²) in [5, 5.41) is 0. The van der Waals surface area contributed by atoms with E-state index in [1.807, 2.05) is 0 Å². The van der Waals surface area contributed by atoms with Crippen molar-refractivity contribution in [3.8, 4) is 0 Å². The molecule has 0 rings (SSSR count). The zero-order valence-electron chi connectivity index (χ0n) is 6.27. The van der Waals surface area contributed by atoms with Crippen molar-refractivity contribution in [2.45, 2.75) is 13.8 Å². The van der Waals surface area contributed by atoms with Gasteiger partial charge in [-0.3, -0.25) is 4.79 Å². The van der Waals surface area contributed by atoms with Gasteiger partial charge in [0.25, 0.3) is 0 Å². The summed E-state index contributed by atoms with van der Waals surface area (Å²) in [6.45, 7) is 3.53. The third-order valence-corrected chi connectivity index (χ3v) is 0.867. The van der Waals surface area contributed by atoms with E-state index in [0.29, 0.717) is 0 Å². The van der Waals surface area contributed by atoms with Crippen molar-refractivity contribution in [1.29, 1.82) is 0 Å². The Bertz CT molecular complexity index is 79.0. The maximum atomic E-state index is 10.2. The van der Waals surface area contributed by atoms with Crippen LogP contribution in [-0.4, -0.2) is 5.97 Å². The van der Waals surface area contributed by atoms with E-state index in [2.05, 4.69) is 20.1 Å². The zero-order valence-corrected chi connectivity index (χ0v) is 8.86. The molecule has 0 unspecified atom stereocenters. The van der Waals surface area contributed by atoms with Gasteiger partial charge in [0.05, 0.1) is 5.92 Å². The summed E-state index contributed by atoms with van der Waals surface area (Å²) in [6, 6.07) is 0. The van der Waals surface area contributed by atoms with Crippen molar-refractivity contribution in [1.82, 2.24) is 0 Å². The fraction of sp³-hybridized carbons (Fsp3) is 0.750. The molecule has 0 aliphatic rings. The number of hydrogen-bond donors (Lipinski definition) is 0. The smallest absolute Gasteiger partial charge is 1.00 e. The van der Waals surface area contributed by atoms with Crippen LogP contribution >= 0.6 is 16.3 Å². The van der Waals surface area contributed by atoms with Crippen LogP contribution in [-0.2, 0) is 8.62 Å². The third kappa shape index (κ3) is 5.09. The van der Waals surface area contributed by atoms with E-state index in [-0.39, 0.29) is 42.9 Å². The molecule has 0 fully saturated rings. The first-order chi connectivity index (χ1) is 3.18. The molecule has 0 aromatic carbocycles. The first-order valence-corrected chi connectivity index (χ1v) is 2.65. The molecule has 0 N–H and O–H groups in total. The molecule has 0 amide bonds. The van der Waals surface area contributed by atoms with Crippen LogP contribution in [0.15, 0.2) is 0 Å². The van der Waals surface area contributed by atoms with E-state index >= 15 is 0 Å². The second-order valence-corrected chi connectivity index (χ2v) is 1.87. The van der Waals surface area contributed by atoms with Crippen molar-refractivity contribution in [2.75, 3.05) is 0 Å². The van der Waals surface area contributed by atoms with Gasteiger partial charge in [-0.1, -0.05) is 13.8 Å². The second-order valence-electron chi connectivity index (χ2n) is 1.55. The molecule has 0 saturated carbocycles. The summed E-state index contributed by atoms with van der Waals surface area (Å²) in [5.41, 5.74) is 0. The molecular weight excluding hydrogens is 183 g/mol. The van der Waals surface area contributed by atoms with E-state index < -0.39 is 0 Å². The van der Waals surface area contributed by atoms with Crippen LogP contribution in [0.3, 0.4) is 0 Å². The van der Waals surface area contributed by atoms with Crippen LogP contribution in [0.5, 0.6) is 0 Å². The van der Waals surface area contributed by atoms with Crippen LogP contribution in [0, 0.1) is 5.92 Å². The van der Waals surface area contributed by atoms with E-state index in [1.165, 1.54) is 0 Å². The van der Waals surface area contributed by atoms with E-state index in [9.17, 15) is 4.79 Å². The molecule has 0 aliphatic heterocycles. The first-order valence-electron chi connectivity index (χ1n) is 2.01. The van der Waals surface area contributed by atoms with Crippen molar-refractivity contribution in [2.24, 2.45) is 5.92 Å². The van der Waals surface area contributed by atoms with E-state index in [4.69, 9.17) is 0 Å². The fourth-order valence-corrected chi connectivity index (χ4v) is 0.463. The van der Waals surface area contributed by atoms with Crippen LogP contribution in [0.25, 0.3) is 0 Å². The molecule has 0 aliphatic carbocycles. The summed E-state index contributed by atoms with van der Waals surface area (Å²) < 4.78 is 4.19. The minimum absolute atomic E-state index is 0. The topological polar surface area (TPSA) is 26.3 Å². The molecule has 2 nitrogen and oxygen atoms in total. The van der Waals surface area contributed by atoms with Crippen LogP contribution < -0.4 is 29.6 Å². The minimum Gasteiger partial charge on any atom is -1.00 e. The Hall–Kier alpha value is 0.950. The Morgan fingerprint density at radius 2 is 2.12 bits per heavy atom. The Morgan fingerprint density at radius 1 is 1.75 bits per heavy atom. The van der Waals surface area contributed by atoms with Gasteiger partial charge in [0.15, 0.2) is 16.3 Å². The minimum atomic E-state index is -0.236. The molecule has 0 radical (unpaired) electrons. The molecule has 0 atom stereocenters. The van der Waals surface area contributed by atoms with Crippen molar-refractivity contribution >= 4 is 22.2 Å². The van der Waals surface area contributed by atoms with Crippen LogP contribution in [0.1, 0.15) is 15.3 Å². The monoisotopic (exact) mass is 190 g/mol. The fourth-order valence-electron chi connectivity index (χ4n) is 0.0891. The van der Waals surface area contributed by atoms with Gasteiger partial charge in [-0.25, -0.2) is 0 Å². The van der Waals surface area contributed by atoms with Crippen molar-refractivity contribution in [3.63, 3.8) is 0 Å². The average Bonchev–Trinajstić information content (AvgIpc) is 1.65. The Kier molecular flexibility index (Phi) is 8.89. The molecule has 0 bridgehead atoms. The predicted octanol–water partition coefficient (Wildman–Crippen LogP) is -1.39. The predicted molar refractivity (Wildman–Crippen MR) is 31.0 cm³/mol. The molecule has 0 aromatic heterocycles. The SMILES string of the molecule is CC(C)C(=O)OBr.[H-].[Na+]. The third-order valence-electron chi connectivity index (χ3n) is 0.547. The Morgan fingerprint density at radius 3 is 2.12 bits per heavy atom. The molecule has 44 valence electrons. The molecule has 8 heavy (non-hydrogen) atoms. The van der Waals surface area contributed by atoms with E-state index in [0.717, 1.165) is 0 Å². The summed E-state index contributed by atoms with van der Waals surface area (Å²) in [6.07, 6.45) is 0. The number of carbonyl (C=O) groups is 1. The molecule has 0 spiro atoms. The largest absolute Gasteiger partial charge is 1.00 e. The Labute approximate surface area is 81.2 Å². The number of rotatable bonds is 1. The van der Waals surface area contributed by atoms with Gasteiger partial charge in [0.1, 0.15) is 0 Å². The summed E-state index contributed by atoms with van der Waals surface area (Å²) >= 11 is 2.57. The molecule has 4 heteroatoms. The van der Waals surface area contributed by atoms with Gasteiger partial charge in [-0.2, -0.15) is 0 Å². The number of hydrogen-bond acceptors (Lipinski definition) is 2. The average molecular weight is 191 g/mol. The summed E-state index contributed by atoms with van der Waals surface area (Å²) in [7, 11) is 0. The molecule has 0 heterocycles. The van der Waals surface area contributed by atoms with Gasteiger partial charge in [0.2, 0.25) is 0 Å². The number of halogens is 1.